The molecule has 146 valence electrons. The van der Waals surface area contributed by atoms with Crippen LogP contribution in [0.3, 0.4) is 0 Å². The van der Waals surface area contributed by atoms with Crippen molar-refractivity contribution in [1.82, 2.24) is 25.3 Å². The third-order valence-electron chi connectivity index (χ3n) is 4.43. The molecule has 0 atom stereocenters. The Hall–Kier alpha value is -2.68. The van der Waals surface area contributed by atoms with Gasteiger partial charge < -0.3 is 19.2 Å². The van der Waals surface area contributed by atoms with E-state index in [9.17, 15) is 9.59 Å². The molecule has 0 aromatic carbocycles. The summed E-state index contributed by atoms with van der Waals surface area (Å²) in [6.45, 7) is 5.77. The lowest BCUT2D eigenvalue weighted by atomic mass is 10.2. The molecule has 3 heterocycles. The quantitative estimate of drug-likeness (QED) is 0.732. The Balaban J connectivity index is 1.39. The fraction of sp³-hybridized carbons (Fsp3) is 0.556. The Morgan fingerprint density at radius 1 is 1.26 bits per heavy atom. The zero-order chi connectivity index (χ0) is 19.1. The van der Waals surface area contributed by atoms with E-state index >= 15 is 0 Å². The van der Waals surface area contributed by atoms with Crippen LogP contribution >= 0.6 is 0 Å². The van der Waals surface area contributed by atoms with Crippen LogP contribution in [0.1, 0.15) is 25.7 Å². The number of carbonyl (C=O) groups excluding carboxylic acids is 2. The van der Waals surface area contributed by atoms with E-state index in [1.54, 1.807) is 18.4 Å². The van der Waals surface area contributed by atoms with E-state index in [-0.39, 0.29) is 11.8 Å². The zero-order valence-corrected chi connectivity index (χ0v) is 15.5. The molecule has 0 unspecified atom stereocenters. The molecule has 2 aromatic heterocycles. The molecule has 1 N–H and O–H groups in total. The van der Waals surface area contributed by atoms with E-state index in [1.165, 1.54) is 0 Å². The minimum Gasteiger partial charge on any atom is -0.461 e. The first kappa shape index (κ1) is 19.1. The second kappa shape index (κ2) is 9.31. The van der Waals surface area contributed by atoms with Crippen molar-refractivity contribution >= 4 is 11.8 Å². The van der Waals surface area contributed by atoms with Crippen LogP contribution in [0.4, 0.5) is 0 Å². The van der Waals surface area contributed by atoms with Gasteiger partial charge in [0.05, 0.1) is 12.8 Å². The van der Waals surface area contributed by atoms with E-state index in [1.807, 2.05) is 11.8 Å². The van der Waals surface area contributed by atoms with Gasteiger partial charge in [0.2, 0.25) is 23.5 Å². The lowest BCUT2D eigenvalue weighted by Crippen LogP contribution is -2.51. The molecule has 2 amide bonds. The minimum absolute atomic E-state index is 0.0420. The van der Waals surface area contributed by atoms with Crippen molar-refractivity contribution in [2.45, 2.75) is 26.2 Å². The maximum atomic E-state index is 12.4. The number of carbonyl (C=O) groups is 2. The van der Waals surface area contributed by atoms with Gasteiger partial charge in [-0.05, 0) is 18.6 Å². The Bertz CT molecular complexity index is 735. The molecule has 9 heteroatoms. The number of furan rings is 1. The largest absolute Gasteiger partial charge is 0.461 e. The molecule has 0 bridgehead atoms. The van der Waals surface area contributed by atoms with Gasteiger partial charge in [0, 0.05) is 45.6 Å². The molecule has 1 aliphatic rings. The highest BCUT2D eigenvalue weighted by Crippen LogP contribution is 2.16. The Morgan fingerprint density at radius 3 is 2.78 bits per heavy atom. The fourth-order valence-electron chi connectivity index (χ4n) is 2.91. The number of hydrogen-bond acceptors (Lipinski definition) is 7. The second-order valence-corrected chi connectivity index (χ2v) is 6.50. The van der Waals surface area contributed by atoms with E-state index in [2.05, 4.69) is 20.4 Å². The Labute approximate surface area is 157 Å². The highest BCUT2D eigenvalue weighted by molar-refractivity contribution is 5.78. The predicted molar refractivity (Wildman–Crippen MR) is 96.6 cm³/mol. The summed E-state index contributed by atoms with van der Waals surface area (Å²) in [6.07, 6.45) is 3.18. The molecule has 0 spiro atoms. The molecule has 0 saturated carbocycles. The maximum absolute atomic E-state index is 12.4. The average molecular weight is 375 g/mol. The number of hydrogen-bond donors (Lipinski definition) is 1. The average Bonchev–Trinajstić information content (AvgIpc) is 3.36. The van der Waals surface area contributed by atoms with Crippen LogP contribution in [0.15, 0.2) is 27.3 Å². The van der Waals surface area contributed by atoms with Crippen LogP contribution in [0.25, 0.3) is 11.6 Å². The van der Waals surface area contributed by atoms with E-state index in [0.29, 0.717) is 69.6 Å². The van der Waals surface area contributed by atoms with Gasteiger partial charge in [0.25, 0.3) is 0 Å². The van der Waals surface area contributed by atoms with Crippen molar-refractivity contribution in [3.8, 4) is 11.6 Å². The van der Waals surface area contributed by atoms with Gasteiger partial charge in [-0.1, -0.05) is 12.1 Å². The summed E-state index contributed by atoms with van der Waals surface area (Å²) in [6, 6.07) is 3.50. The summed E-state index contributed by atoms with van der Waals surface area (Å²) in [7, 11) is 0. The van der Waals surface area contributed by atoms with Crippen molar-refractivity contribution in [3.05, 3.63) is 24.3 Å². The summed E-state index contributed by atoms with van der Waals surface area (Å²) >= 11 is 0. The topological polar surface area (TPSA) is 105 Å². The second-order valence-electron chi connectivity index (χ2n) is 6.50. The molecule has 0 aliphatic carbocycles. The molecule has 1 fully saturated rings. The molecule has 1 saturated heterocycles. The maximum Gasteiger partial charge on any atom is 0.238 e. The van der Waals surface area contributed by atoms with Crippen molar-refractivity contribution in [3.63, 3.8) is 0 Å². The van der Waals surface area contributed by atoms with E-state index in [0.717, 1.165) is 6.42 Å². The van der Waals surface area contributed by atoms with Crippen LogP contribution in [-0.4, -0.2) is 71.0 Å². The van der Waals surface area contributed by atoms with Crippen LogP contribution in [0, 0.1) is 0 Å². The van der Waals surface area contributed by atoms with Crippen molar-refractivity contribution in [1.29, 1.82) is 0 Å². The summed E-state index contributed by atoms with van der Waals surface area (Å²) in [5.41, 5.74) is 0. The smallest absolute Gasteiger partial charge is 0.238 e. The highest BCUT2D eigenvalue weighted by Gasteiger charge is 2.22. The van der Waals surface area contributed by atoms with Crippen LogP contribution in [0.2, 0.25) is 0 Å². The molecule has 9 nitrogen and oxygen atoms in total. The van der Waals surface area contributed by atoms with Gasteiger partial charge in [0.1, 0.15) is 0 Å². The van der Waals surface area contributed by atoms with Crippen LogP contribution in [-0.2, 0) is 16.0 Å². The molecule has 0 radical (unpaired) electrons. The highest BCUT2D eigenvalue weighted by atomic mass is 16.5. The Morgan fingerprint density at radius 2 is 2.07 bits per heavy atom. The predicted octanol–water partition coefficient (Wildman–Crippen LogP) is 0.933. The number of nitrogens with one attached hydrogen (secondary N) is 1. The van der Waals surface area contributed by atoms with Crippen molar-refractivity contribution < 1.29 is 18.5 Å². The van der Waals surface area contributed by atoms with Gasteiger partial charge in [-0.25, -0.2) is 0 Å². The summed E-state index contributed by atoms with van der Waals surface area (Å²) < 4.78 is 10.4. The first-order chi connectivity index (χ1) is 13.2. The van der Waals surface area contributed by atoms with Gasteiger partial charge in [-0.3, -0.25) is 14.5 Å². The normalized spacial score (nSPS) is 15.1. The monoisotopic (exact) mass is 375 g/mol. The molecule has 27 heavy (non-hydrogen) atoms. The molecular formula is C18H25N5O4. The Kier molecular flexibility index (Phi) is 6.59. The van der Waals surface area contributed by atoms with Gasteiger partial charge in [-0.2, -0.15) is 4.98 Å². The number of amides is 2. The SMILES string of the molecule is CCCNC(=O)CN1CCN(C(=O)CCc2nc(-c3ccco3)no2)CC1. The van der Waals surface area contributed by atoms with Crippen LogP contribution < -0.4 is 5.32 Å². The fourth-order valence-corrected chi connectivity index (χ4v) is 2.91. The summed E-state index contributed by atoms with van der Waals surface area (Å²) in [4.78, 5) is 32.3. The summed E-state index contributed by atoms with van der Waals surface area (Å²) in [5.74, 6) is 1.44. The number of rotatable bonds is 8. The van der Waals surface area contributed by atoms with Crippen molar-refractivity contribution in [2.24, 2.45) is 0 Å². The number of aromatic nitrogens is 2. The lowest BCUT2D eigenvalue weighted by Gasteiger charge is -2.34. The van der Waals surface area contributed by atoms with E-state index in [4.69, 9.17) is 8.94 Å². The van der Waals surface area contributed by atoms with Gasteiger partial charge >= 0.3 is 0 Å². The summed E-state index contributed by atoms with van der Waals surface area (Å²) in [5, 5.41) is 6.73. The van der Waals surface area contributed by atoms with Gasteiger partial charge in [0.15, 0.2) is 5.76 Å². The number of piperazine rings is 1. The zero-order valence-electron chi connectivity index (χ0n) is 15.5. The van der Waals surface area contributed by atoms with Crippen LogP contribution in [0.5, 0.6) is 0 Å². The minimum atomic E-state index is 0.0420. The standard InChI is InChI=1S/C18H25N5O4/c1-2-7-19-15(24)13-22-8-10-23(11-9-22)17(25)6-5-16-20-18(21-27-16)14-4-3-12-26-14/h3-4,12H,2,5-11,13H2,1H3,(H,19,24). The molecule has 1 aliphatic heterocycles. The third kappa shape index (κ3) is 5.40. The third-order valence-corrected chi connectivity index (χ3v) is 4.43. The first-order valence-corrected chi connectivity index (χ1v) is 9.29. The molecule has 3 rings (SSSR count). The molecule has 2 aromatic rings. The van der Waals surface area contributed by atoms with Gasteiger partial charge in [-0.15, -0.1) is 0 Å². The number of nitrogens with zero attached hydrogens (tertiary/aromatic N) is 4. The first-order valence-electron chi connectivity index (χ1n) is 9.29. The molecular weight excluding hydrogens is 350 g/mol. The van der Waals surface area contributed by atoms with Crippen molar-refractivity contribution in [2.75, 3.05) is 39.3 Å². The van der Waals surface area contributed by atoms with E-state index < -0.39 is 0 Å². The number of aryl methyl sites for hydroxylation is 1. The lowest BCUT2D eigenvalue weighted by molar-refractivity contribution is -0.133.